The van der Waals surface area contributed by atoms with E-state index in [0.29, 0.717) is 41.8 Å². The van der Waals surface area contributed by atoms with Crippen molar-refractivity contribution in [2.75, 3.05) is 23.1 Å². The number of thioether (sulfide) groups is 1. The summed E-state index contributed by atoms with van der Waals surface area (Å²) in [5, 5.41) is 0.654. The number of carbonyl (C=O) groups is 1. The molecule has 2 heterocycles. The van der Waals surface area contributed by atoms with Crippen LogP contribution in [0.3, 0.4) is 0 Å². The number of rotatable bonds is 5. The smallest absolute Gasteiger partial charge is 0.264 e. The van der Waals surface area contributed by atoms with E-state index in [1.165, 1.54) is 10.4 Å². The molecule has 6 nitrogen and oxygen atoms in total. The van der Waals surface area contributed by atoms with Crippen LogP contribution in [0.25, 0.3) is 0 Å². The molecule has 1 amide bonds. The van der Waals surface area contributed by atoms with Crippen LogP contribution in [0.15, 0.2) is 82.7 Å². The molecule has 0 saturated carbocycles. The summed E-state index contributed by atoms with van der Waals surface area (Å²) in [6.07, 6.45) is 1.53. The summed E-state index contributed by atoms with van der Waals surface area (Å²) in [4.78, 5) is 20.3. The predicted molar refractivity (Wildman–Crippen MR) is 147 cm³/mol. The Hall–Kier alpha value is -3.10. The maximum atomic E-state index is 13.6. The zero-order valence-corrected chi connectivity index (χ0v) is 22.1. The van der Waals surface area contributed by atoms with E-state index in [1.54, 1.807) is 34.9 Å². The Morgan fingerprint density at radius 2 is 1.75 bits per heavy atom. The van der Waals surface area contributed by atoms with Crippen molar-refractivity contribution in [3.63, 3.8) is 0 Å². The molecule has 0 aromatic heterocycles. The SMILES string of the molecule is CC(C)c1ccccc1N=C1SCCCN1C(=O)c1cccc(S(=O)(=O)N2CCc3ccccc32)c1. The molecular weight excluding hydrogens is 490 g/mol. The number of fused-ring (bicyclic) bond motifs is 1. The highest BCUT2D eigenvalue weighted by Crippen LogP contribution is 2.33. The molecule has 2 aliphatic rings. The molecule has 36 heavy (non-hydrogen) atoms. The van der Waals surface area contributed by atoms with Gasteiger partial charge in [-0.2, -0.15) is 0 Å². The topological polar surface area (TPSA) is 70.0 Å². The lowest BCUT2D eigenvalue weighted by atomic mass is 10.0. The maximum Gasteiger partial charge on any atom is 0.264 e. The first-order valence-electron chi connectivity index (χ1n) is 12.2. The van der Waals surface area contributed by atoms with Crippen molar-refractivity contribution in [3.8, 4) is 0 Å². The fourth-order valence-corrected chi connectivity index (χ4v) is 7.15. The molecule has 0 unspecified atom stereocenters. The molecule has 1 saturated heterocycles. The van der Waals surface area contributed by atoms with Crippen molar-refractivity contribution in [1.82, 2.24) is 4.90 Å². The summed E-state index contributed by atoms with van der Waals surface area (Å²) in [5.74, 6) is 0.956. The average Bonchev–Trinajstić information content (AvgIpc) is 3.34. The number of carbonyl (C=O) groups excluding carboxylic acids is 1. The summed E-state index contributed by atoms with van der Waals surface area (Å²) in [7, 11) is -3.79. The van der Waals surface area contributed by atoms with Crippen LogP contribution in [0.5, 0.6) is 0 Å². The van der Waals surface area contributed by atoms with Crippen molar-refractivity contribution in [2.24, 2.45) is 4.99 Å². The number of aliphatic imine (C=N–C) groups is 1. The zero-order valence-electron chi connectivity index (χ0n) is 20.4. The Kier molecular flexibility index (Phi) is 6.90. The number of sulfonamides is 1. The highest BCUT2D eigenvalue weighted by Gasteiger charge is 2.32. The Balaban J connectivity index is 1.46. The third-order valence-corrected chi connectivity index (χ3v) is 9.39. The van der Waals surface area contributed by atoms with E-state index < -0.39 is 10.0 Å². The van der Waals surface area contributed by atoms with Crippen LogP contribution in [0, 0.1) is 0 Å². The highest BCUT2D eigenvalue weighted by molar-refractivity contribution is 8.13. The first-order valence-corrected chi connectivity index (χ1v) is 14.6. The lowest BCUT2D eigenvalue weighted by molar-refractivity contribution is 0.0849. The molecule has 1 fully saturated rings. The number of amidine groups is 1. The largest absolute Gasteiger partial charge is 0.287 e. The highest BCUT2D eigenvalue weighted by atomic mass is 32.2. The second kappa shape index (κ2) is 10.1. The number of nitrogens with zero attached hydrogens (tertiary/aromatic N) is 3. The van der Waals surface area contributed by atoms with Crippen LogP contribution < -0.4 is 4.31 Å². The fourth-order valence-electron chi connectivity index (χ4n) is 4.65. The van der Waals surface area contributed by atoms with Gasteiger partial charge in [0.1, 0.15) is 0 Å². The number of benzene rings is 3. The van der Waals surface area contributed by atoms with E-state index in [4.69, 9.17) is 4.99 Å². The Bertz CT molecular complexity index is 1430. The van der Waals surface area contributed by atoms with E-state index >= 15 is 0 Å². The van der Waals surface area contributed by atoms with Gasteiger partial charge in [0, 0.05) is 24.4 Å². The molecule has 5 rings (SSSR count). The van der Waals surface area contributed by atoms with Crippen molar-refractivity contribution >= 4 is 44.2 Å². The monoisotopic (exact) mass is 519 g/mol. The average molecular weight is 520 g/mol. The first kappa shape index (κ1) is 24.6. The van der Waals surface area contributed by atoms with Crippen molar-refractivity contribution in [1.29, 1.82) is 0 Å². The summed E-state index contributed by atoms with van der Waals surface area (Å²) in [5.41, 5.74) is 4.05. The number of hydrogen-bond donors (Lipinski definition) is 0. The molecule has 2 aliphatic heterocycles. The first-order chi connectivity index (χ1) is 17.4. The molecule has 0 aliphatic carbocycles. The summed E-state index contributed by atoms with van der Waals surface area (Å²) in [6.45, 7) is 5.20. The molecule has 3 aromatic rings. The lowest BCUT2D eigenvalue weighted by Gasteiger charge is -2.28. The van der Waals surface area contributed by atoms with Crippen molar-refractivity contribution in [2.45, 2.75) is 37.5 Å². The second-order valence-electron chi connectivity index (χ2n) is 9.25. The third-order valence-electron chi connectivity index (χ3n) is 6.52. The van der Waals surface area contributed by atoms with Gasteiger partial charge in [-0.3, -0.25) is 14.0 Å². The summed E-state index contributed by atoms with van der Waals surface area (Å²) < 4.78 is 28.5. The molecule has 0 N–H and O–H groups in total. The van der Waals surface area contributed by atoms with Crippen LogP contribution in [0.1, 0.15) is 47.7 Å². The van der Waals surface area contributed by atoms with Gasteiger partial charge in [-0.1, -0.05) is 68.1 Å². The summed E-state index contributed by atoms with van der Waals surface area (Å²) >= 11 is 1.56. The molecule has 3 aromatic carbocycles. The standard InChI is InChI=1S/C28H29N3O3S2/c1-20(2)24-12-4-5-13-25(24)29-28-30(16-8-18-35-28)27(32)22-10-7-11-23(19-22)36(33,34)31-17-15-21-9-3-6-14-26(21)31/h3-7,9-14,19-20H,8,15-18H2,1-2H3. The number of hydrogen-bond acceptors (Lipinski definition) is 5. The maximum absolute atomic E-state index is 13.6. The van der Waals surface area contributed by atoms with E-state index in [0.717, 1.165) is 29.0 Å². The van der Waals surface area contributed by atoms with Crippen LogP contribution in [-0.4, -0.2) is 43.2 Å². The quantitative estimate of drug-likeness (QED) is 0.425. The Labute approximate surface area is 217 Å². The molecule has 8 heteroatoms. The van der Waals surface area contributed by atoms with Crippen LogP contribution in [0.4, 0.5) is 11.4 Å². The Morgan fingerprint density at radius 3 is 2.58 bits per heavy atom. The van der Waals surface area contributed by atoms with Crippen LogP contribution in [0.2, 0.25) is 0 Å². The number of anilines is 1. The predicted octanol–water partition coefficient (Wildman–Crippen LogP) is 5.83. The minimum Gasteiger partial charge on any atom is -0.287 e. The van der Waals surface area contributed by atoms with Gasteiger partial charge in [-0.25, -0.2) is 13.4 Å². The van der Waals surface area contributed by atoms with Gasteiger partial charge in [0.05, 0.1) is 16.3 Å². The molecule has 0 radical (unpaired) electrons. The van der Waals surface area contributed by atoms with Gasteiger partial charge in [-0.15, -0.1) is 0 Å². The zero-order chi connectivity index (χ0) is 25.3. The van der Waals surface area contributed by atoms with E-state index in [1.807, 2.05) is 42.5 Å². The normalized spacial score (nSPS) is 17.0. The van der Waals surface area contributed by atoms with Gasteiger partial charge in [0.2, 0.25) is 0 Å². The van der Waals surface area contributed by atoms with Crippen LogP contribution in [-0.2, 0) is 16.4 Å². The molecular formula is C28H29N3O3S2. The van der Waals surface area contributed by atoms with E-state index in [9.17, 15) is 13.2 Å². The van der Waals surface area contributed by atoms with Crippen molar-refractivity contribution in [3.05, 3.63) is 89.5 Å². The molecule has 0 spiro atoms. The Morgan fingerprint density at radius 1 is 0.972 bits per heavy atom. The third kappa shape index (κ3) is 4.67. The number of para-hydroxylation sites is 2. The van der Waals surface area contributed by atoms with E-state index in [2.05, 4.69) is 19.9 Å². The lowest BCUT2D eigenvalue weighted by Crippen LogP contribution is -2.39. The van der Waals surface area contributed by atoms with Gasteiger partial charge < -0.3 is 0 Å². The second-order valence-corrected chi connectivity index (χ2v) is 12.2. The minimum atomic E-state index is -3.79. The van der Waals surface area contributed by atoms with Gasteiger partial charge in [0.25, 0.3) is 15.9 Å². The van der Waals surface area contributed by atoms with Gasteiger partial charge in [-0.05, 0) is 60.2 Å². The fraction of sp³-hybridized carbons (Fsp3) is 0.286. The van der Waals surface area contributed by atoms with Crippen molar-refractivity contribution < 1.29 is 13.2 Å². The molecule has 0 atom stereocenters. The summed E-state index contributed by atoms with van der Waals surface area (Å²) in [6, 6.07) is 21.9. The molecule has 186 valence electrons. The van der Waals surface area contributed by atoms with E-state index in [-0.39, 0.29) is 10.8 Å². The van der Waals surface area contributed by atoms with Gasteiger partial charge >= 0.3 is 0 Å². The van der Waals surface area contributed by atoms with Gasteiger partial charge in [0.15, 0.2) is 5.17 Å². The molecule has 0 bridgehead atoms. The minimum absolute atomic E-state index is 0.123. The number of amides is 1. The van der Waals surface area contributed by atoms with Crippen LogP contribution >= 0.6 is 11.8 Å².